The summed E-state index contributed by atoms with van der Waals surface area (Å²) < 4.78 is 65.2. The van der Waals surface area contributed by atoms with Crippen LogP contribution in [0.3, 0.4) is 0 Å². The van der Waals surface area contributed by atoms with Crippen LogP contribution in [-0.4, -0.2) is 31.7 Å². The van der Waals surface area contributed by atoms with Gasteiger partial charge < -0.3 is 5.32 Å². The zero-order chi connectivity index (χ0) is 22.0. The van der Waals surface area contributed by atoms with Crippen LogP contribution in [0.1, 0.15) is 12.5 Å². The van der Waals surface area contributed by atoms with E-state index in [-0.39, 0.29) is 27.2 Å². The van der Waals surface area contributed by atoms with Gasteiger partial charge in [0.25, 0.3) is 0 Å². The fraction of sp³-hybridized carbons (Fsp3) is 0.235. The first-order valence-corrected chi connectivity index (χ1v) is 10.6. The molecular weight excluding hydrogens is 476 g/mol. The van der Waals surface area contributed by atoms with Gasteiger partial charge in [0, 0.05) is 17.3 Å². The van der Waals surface area contributed by atoms with Gasteiger partial charge in [0.2, 0.25) is 15.9 Å². The van der Waals surface area contributed by atoms with Gasteiger partial charge in [-0.05, 0) is 36.4 Å². The molecule has 0 bridgehead atoms. The van der Waals surface area contributed by atoms with Crippen molar-refractivity contribution in [3.05, 3.63) is 57.0 Å². The third-order valence-electron chi connectivity index (χ3n) is 3.74. The van der Waals surface area contributed by atoms with Crippen LogP contribution >= 0.6 is 34.8 Å². The molecule has 1 amide bonds. The number of nitrogens with one attached hydrogen (secondary N) is 1. The van der Waals surface area contributed by atoms with E-state index in [9.17, 15) is 26.4 Å². The summed E-state index contributed by atoms with van der Waals surface area (Å²) in [6.07, 6.45) is -4.71. The van der Waals surface area contributed by atoms with Crippen LogP contribution in [0.5, 0.6) is 0 Å². The summed E-state index contributed by atoms with van der Waals surface area (Å²) in [5, 5.41) is 1.76. The Morgan fingerprint density at radius 1 is 1.07 bits per heavy atom. The number of alkyl halides is 3. The lowest BCUT2D eigenvalue weighted by molar-refractivity contribution is -0.137. The van der Waals surface area contributed by atoms with Crippen molar-refractivity contribution in [1.82, 2.24) is 4.31 Å². The molecule has 0 aromatic heterocycles. The van der Waals surface area contributed by atoms with Crippen molar-refractivity contribution in [2.75, 3.05) is 18.4 Å². The smallest absolute Gasteiger partial charge is 0.325 e. The molecule has 0 atom stereocenters. The van der Waals surface area contributed by atoms with E-state index in [0.29, 0.717) is 6.07 Å². The van der Waals surface area contributed by atoms with Gasteiger partial charge in [-0.3, -0.25) is 4.79 Å². The van der Waals surface area contributed by atoms with Crippen LogP contribution in [0.25, 0.3) is 0 Å². The molecule has 0 radical (unpaired) electrons. The lowest BCUT2D eigenvalue weighted by atomic mass is 10.2. The van der Waals surface area contributed by atoms with Crippen LogP contribution in [0, 0.1) is 0 Å². The average Bonchev–Trinajstić information content (AvgIpc) is 2.62. The lowest BCUT2D eigenvalue weighted by Crippen LogP contribution is -2.38. The number of rotatable bonds is 6. The number of hydrogen-bond donors (Lipinski definition) is 1. The van der Waals surface area contributed by atoms with E-state index in [0.717, 1.165) is 16.4 Å². The SMILES string of the molecule is CCN(CC(=O)Nc1ccc(Cl)c(C(F)(F)F)c1)S(=O)(=O)c1cc(Cl)ccc1Cl. The van der Waals surface area contributed by atoms with Crippen molar-refractivity contribution in [1.29, 1.82) is 0 Å². The van der Waals surface area contributed by atoms with Gasteiger partial charge in [0.05, 0.1) is 22.2 Å². The minimum atomic E-state index is -4.71. The van der Waals surface area contributed by atoms with Crippen LogP contribution in [0.15, 0.2) is 41.3 Å². The van der Waals surface area contributed by atoms with Crippen molar-refractivity contribution in [2.45, 2.75) is 18.0 Å². The van der Waals surface area contributed by atoms with E-state index < -0.39 is 39.2 Å². The topological polar surface area (TPSA) is 66.5 Å². The standard InChI is InChI=1S/C17H14Cl3F3N2O3S/c1-2-25(29(27,28)15-7-10(18)3-5-14(15)20)9-16(26)24-11-4-6-13(19)12(8-11)17(21,22)23/h3-8H,2,9H2,1H3,(H,24,26). The van der Waals surface area contributed by atoms with Gasteiger partial charge in [-0.15, -0.1) is 0 Å². The van der Waals surface area contributed by atoms with E-state index in [4.69, 9.17) is 34.8 Å². The molecule has 0 aliphatic rings. The lowest BCUT2D eigenvalue weighted by Gasteiger charge is -2.21. The summed E-state index contributed by atoms with van der Waals surface area (Å²) in [5.41, 5.74) is -1.30. The minimum Gasteiger partial charge on any atom is -0.325 e. The van der Waals surface area contributed by atoms with Gasteiger partial charge in [0.15, 0.2) is 0 Å². The van der Waals surface area contributed by atoms with Crippen molar-refractivity contribution in [3.8, 4) is 0 Å². The van der Waals surface area contributed by atoms with Crippen LogP contribution < -0.4 is 5.32 Å². The Kier molecular flexibility index (Phi) is 7.45. The van der Waals surface area contributed by atoms with Gasteiger partial charge in [-0.25, -0.2) is 8.42 Å². The summed E-state index contributed by atoms with van der Waals surface area (Å²) in [5.74, 6) is -0.843. The Labute approximate surface area is 180 Å². The summed E-state index contributed by atoms with van der Waals surface area (Å²) >= 11 is 17.3. The Morgan fingerprint density at radius 3 is 2.28 bits per heavy atom. The Hall–Kier alpha value is -1.52. The number of carbonyl (C=O) groups is 1. The number of likely N-dealkylation sites (N-methyl/N-ethyl adjacent to an activating group) is 1. The second-order valence-corrected chi connectivity index (χ2v) is 8.90. The molecule has 1 N–H and O–H groups in total. The molecule has 0 saturated heterocycles. The number of nitrogens with zero attached hydrogens (tertiary/aromatic N) is 1. The Bertz CT molecular complexity index is 1030. The molecule has 158 valence electrons. The second-order valence-electron chi connectivity index (χ2n) is 5.75. The molecule has 0 fully saturated rings. The van der Waals surface area contributed by atoms with Crippen molar-refractivity contribution in [2.24, 2.45) is 0 Å². The maximum absolute atomic E-state index is 12.9. The predicted octanol–water partition coefficient (Wildman–Crippen LogP) is 5.31. The fourth-order valence-corrected chi connectivity index (χ4v) is 4.73. The highest BCUT2D eigenvalue weighted by molar-refractivity contribution is 7.89. The number of halogens is 6. The zero-order valence-corrected chi connectivity index (χ0v) is 17.8. The average molecular weight is 490 g/mol. The highest BCUT2D eigenvalue weighted by Gasteiger charge is 2.33. The van der Waals surface area contributed by atoms with Crippen LogP contribution in [-0.2, 0) is 21.0 Å². The minimum absolute atomic E-state index is 0.0826. The molecule has 5 nitrogen and oxygen atoms in total. The van der Waals surface area contributed by atoms with E-state index >= 15 is 0 Å². The second kappa shape index (κ2) is 9.09. The molecule has 0 spiro atoms. The van der Waals surface area contributed by atoms with Gasteiger partial charge in [-0.1, -0.05) is 41.7 Å². The first-order valence-electron chi connectivity index (χ1n) is 7.98. The van der Waals surface area contributed by atoms with Gasteiger partial charge in [0.1, 0.15) is 4.90 Å². The Balaban J connectivity index is 2.24. The summed E-state index contributed by atoms with van der Waals surface area (Å²) in [4.78, 5) is 12.0. The Morgan fingerprint density at radius 2 is 1.69 bits per heavy atom. The number of benzene rings is 2. The molecule has 0 heterocycles. The normalized spacial score (nSPS) is 12.3. The monoisotopic (exact) mass is 488 g/mol. The fourth-order valence-electron chi connectivity index (χ4n) is 2.36. The molecule has 0 saturated carbocycles. The molecule has 0 unspecified atom stereocenters. The molecule has 29 heavy (non-hydrogen) atoms. The van der Waals surface area contributed by atoms with E-state index in [1.165, 1.54) is 25.1 Å². The predicted molar refractivity (Wildman–Crippen MR) is 106 cm³/mol. The number of anilines is 1. The maximum atomic E-state index is 12.9. The number of hydrogen-bond acceptors (Lipinski definition) is 3. The quantitative estimate of drug-likeness (QED) is 0.598. The third-order valence-corrected chi connectivity index (χ3v) is 6.71. The number of amides is 1. The zero-order valence-electron chi connectivity index (χ0n) is 14.7. The number of sulfonamides is 1. The molecular formula is C17H14Cl3F3N2O3S. The van der Waals surface area contributed by atoms with E-state index in [1.807, 2.05) is 0 Å². The molecule has 2 rings (SSSR count). The highest BCUT2D eigenvalue weighted by atomic mass is 35.5. The van der Waals surface area contributed by atoms with Crippen molar-refractivity contribution in [3.63, 3.8) is 0 Å². The van der Waals surface area contributed by atoms with Crippen LogP contribution in [0.2, 0.25) is 15.1 Å². The van der Waals surface area contributed by atoms with Crippen LogP contribution in [0.4, 0.5) is 18.9 Å². The summed E-state index contributed by atoms with van der Waals surface area (Å²) in [6.45, 7) is 0.756. The highest BCUT2D eigenvalue weighted by Crippen LogP contribution is 2.36. The van der Waals surface area contributed by atoms with E-state index in [1.54, 1.807) is 0 Å². The summed E-state index contributed by atoms with van der Waals surface area (Å²) in [7, 11) is -4.17. The first kappa shape index (κ1) is 23.8. The molecule has 2 aromatic rings. The van der Waals surface area contributed by atoms with Crippen molar-refractivity contribution >= 4 is 56.4 Å². The van der Waals surface area contributed by atoms with Crippen molar-refractivity contribution < 1.29 is 26.4 Å². The number of carbonyl (C=O) groups excluding carboxylic acids is 1. The molecule has 2 aromatic carbocycles. The molecule has 0 aliphatic carbocycles. The third kappa shape index (κ3) is 5.76. The summed E-state index contributed by atoms with van der Waals surface area (Å²) in [6, 6.07) is 6.68. The largest absolute Gasteiger partial charge is 0.417 e. The first-order chi connectivity index (χ1) is 13.4. The maximum Gasteiger partial charge on any atom is 0.417 e. The van der Waals surface area contributed by atoms with E-state index in [2.05, 4.69) is 5.32 Å². The van der Waals surface area contributed by atoms with Gasteiger partial charge in [-0.2, -0.15) is 17.5 Å². The molecule has 0 aliphatic heterocycles. The van der Waals surface area contributed by atoms with Gasteiger partial charge >= 0.3 is 6.18 Å². The molecule has 12 heteroatoms.